The molecule has 0 saturated heterocycles. The highest BCUT2D eigenvalue weighted by Gasteiger charge is 2.76. The van der Waals surface area contributed by atoms with Gasteiger partial charge in [-0.3, -0.25) is 4.79 Å². The summed E-state index contributed by atoms with van der Waals surface area (Å²) in [6.07, 6.45) is 4.20. The van der Waals surface area contributed by atoms with Gasteiger partial charge in [-0.25, -0.2) is 0 Å². The molecule has 5 unspecified atom stereocenters. The van der Waals surface area contributed by atoms with Crippen molar-refractivity contribution in [3.05, 3.63) is 71.8 Å². The maximum absolute atomic E-state index is 12.4. The first-order valence-electron chi connectivity index (χ1n) is 9.05. The minimum absolute atomic E-state index is 0.0524. The predicted molar refractivity (Wildman–Crippen MR) is 94.2 cm³/mol. The van der Waals surface area contributed by atoms with Crippen LogP contribution in [0.15, 0.2) is 60.7 Å². The highest BCUT2D eigenvalue weighted by Crippen LogP contribution is 2.78. The van der Waals surface area contributed by atoms with Gasteiger partial charge >= 0.3 is 0 Å². The summed E-state index contributed by atoms with van der Waals surface area (Å²) in [6.45, 7) is 0. The van der Waals surface area contributed by atoms with E-state index >= 15 is 0 Å². The zero-order chi connectivity index (χ0) is 16.4. The Morgan fingerprint density at radius 3 is 2.25 bits per heavy atom. The summed E-state index contributed by atoms with van der Waals surface area (Å²) in [5.74, 6) is 1.59. The van der Waals surface area contributed by atoms with Crippen LogP contribution in [0.1, 0.15) is 30.4 Å². The van der Waals surface area contributed by atoms with Crippen molar-refractivity contribution >= 4 is 5.91 Å². The van der Waals surface area contributed by atoms with Crippen LogP contribution in [-0.2, 0) is 16.6 Å². The molecule has 4 aliphatic rings. The van der Waals surface area contributed by atoms with Crippen LogP contribution < -0.4 is 5.73 Å². The number of hydrogen-bond donors (Lipinski definition) is 1. The Hall–Kier alpha value is -2.09. The molecule has 5 atom stereocenters. The first kappa shape index (κ1) is 14.3. The molecule has 2 heteroatoms. The van der Waals surface area contributed by atoms with Gasteiger partial charge in [-0.2, -0.15) is 0 Å². The quantitative estimate of drug-likeness (QED) is 0.918. The van der Waals surface area contributed by atoms with Gasteiger partial charge in [0, 0.05) is 0 Å². The maximum atomic E-state index is 12.4. The fourth-order valence-electron chi connectivity index (χ4n) is 6.60. The fourth-order valence-corrected chi connectivity index (χ4v) is 6.60. The van der Waals surface area contributed by atoms with Crippen LogP contribution in [0.5, 0.6) is 0 Å². The predicted octanol–water partition coefficient (Wildman–Crippen LogP) is 3.70. The van der Waals surface area contributed by atoms with Crippen molar-refractivity contribution in [1.82, 2.24) is 0 Å². The number of amides is 1. The van der Waals surface area contributed by atoms with E-state index in [9.17, 15) is 4.79 Å². The van der Waals surface area contributed by atoms with E-state index in [1.165, 1.54) is 11.1 Å². The molecule has 0 aliphatic heterocycles. The molecule has 2 aromatic rings. The lowest BCUT2D eigenvalue weighted by molar-refractivity contribution is -0.128. The number of rotatable bonds is 4. The lowest BCUT2D eigenvalue weighted by atomic mass is 9.70. The van der Waals surface area contributed by atoms with Gasteiger partial charge in [-0.15, -0.1) is 0 Å². The zero-order valence-electron chi connectivity index (χ0n) is 13.8. The van der Waals surface area contributed by atoms with Gasteiger partial charge in [-0.05, 0) is 60.0 Å². The van der Waals surface area contributed by atoms with Crippen LogP contribution in [-0.4, -0.2) is 5.91 Å². The van der Waals surface area contributed by atoms with Crippen molar-refractivity contribution in [1.29, 1.82) is 0 Å². The van der Waals surface area contributed by atoms with Crippen molar-refractivity contribution in [2.45, 2.75) is 31.1 Å². The third kappa shape index (κ3) is 1.64. The Kier molecular flexibility index (Phi) is 2.81. The number of carbonyl (C=O) groups is 1. The van der Waals surface area contributed by atoms with Crippen molar-refractivity contribution < 1.29 is 4.79 Å². The van der Waals surface area contributed by atoms with E-state index in [1.54, 1.807) is 0 Å². The highest BCUT2D eigenvalue weighted by atomic mass is 16.1. The monoisotopic (exact) mass is 317 g/mol. The Morgan fingerprint density at radius 2 is 1.62 bits per heavy atom. The minimum atomic E-state index is -0.250. The largest absolute Gasteiger partial charge is 0.369 e. The van der Waals surface area contributed by atoms with Crippen LogP contribution in [0.2, 0.25) is 0 Å². The van der Waals surface area contributed by atoms with E-state index in [2.05, 4.69) is 60.7 Å². The number of benzene rings is 2. The molecule has 0 heterocycles. The second-order valence-corrected chi connectivity index (χ2v) is 8.19. The van der Waals surface area contributed by atoms with Crippen LogP contribution in [0.25, 0.3) is 0 Å². The second kappa shape index (κ2) is 4.72. The van der Waals surface area contributed by atoms with Crippen molar-refractivity contribution in [2.24, 2.45) is 28.9 Å². The standard InChI is InChI=1S/C22H23NO/c23-20(24)22-13-18-17(11-15-7-3-1-4-8-15)19(22)12-21(18,14-22)16-9-5-2-6-10-16/h1-10,17-19H,11-14H2,(H2,23,24). The average Bonchev–Trinajstić information content (AvgIpc) is 3.30. The molecule has 6 rings (SSSR count). The van der Waals surface area contributed by atoms with E-state index in [4.69, 9.17) is 5.73 Å². The SMILES string of the molecule is NC(=O)C12CC3C(Cc4ccccc4)C1CC3(c1ccccc1)C2. The van der Waals surface area contributed by atoms with Crippen molar-refractivity contribution in [3.8, 4) is 0 Å². The van der Waals surface area contributed by atoms with E-state index < -0.39 is 0 Å². The van der Waals surface area contributed by atoms with Crippen LogP contribution in [0.4, 0.5) is 0 Å². The number of nitrogens with two attached hydrogens (primary N) is 1. The van der Waals surface area contributed by atoms with E-state index in [0.717, 1.165) is 25.7 Å². The Bertz CT molecular complexity index is 786. The minimum Gasteiger partial charge on any atom is -0.369 e. The summed E-state index contributed by atoms with van der Waals surface area (Å²) in [6, 6.07) is 21.6. The summed E-state index contributed by atoms with van der Waals surface area (Å²) < 4.78 is 0. The Labute approximate surface area is 143 Å². The molecule has 4 bridgehead atoms. The second-order valence-electron chi connectivity index (χ2n) is 8.19. The normalized spacial score (nSPS) is 38.8. The lowest BCUT2D eigenvalue weighted by Crippen LogP contribution is -2.39. The number of carbonyl (C=O) groups excluding carboxylic acids is 1. The van der Waals surface area contributed by atoms with Gasteiger partial charge in [0.2, 0.25) is 5.91 Å². The summed E-state index contributed by atoms with van der Waals surface area (Å²) in [5, 5.41) is 0. The summed E-state index contributed by atoms with van der Waals surface area (Å²) >= 11 is 0. The molecule has 2 N–H and O–H groups in total. The van der Waals surface area contributed by atoms with Crippen molar-refractivity contribution in [3.63, 3.8) is 0 Å². The number of hydrogen-bond acceptors (Lipinski definition) is 1. The zero-order valence-corrected chi connectivity index (χ0v) is 13.8. The van der Waals surface area contributed by atoms with E-state index in [0.29, 0.717) is 17.8 Å². The van der Waals surface area contributed by atoms with Gasteiger partial charge in [0.15, 0.2) is 0 Å². The van der Waals surface area contributed by atoms with Gasteiger partial charge in [0.05, 0.1) is 5.41 Å². The molecule has 2 aromatic carbocycles. The lowest BCUT2D eigenvalue weighted by Gasteiger charge is -2.33. The molecule has 0 aromatic heterocycles. The molecular formula is C22H23NO. The first-order chi connectivity index (χ1) is 11.7. The highest BCUT2D eigenvalue weighted by molar-refractivity contribution is 5.84. The third-order valence-electron chi connectivity index (χ3n) is 7.41. The molecule has 0 spiro atoms. The third-order valence-corrected chi connectivity index (χ3v) is 7.41. The van der Waals surface area contributed by atoms with E-state index in [1.807, 2.05) is 0 Å². The fraction of sp³-hybridized carbons (Fsp3) is 0.409. The summed E-state index contributed by atoms with van der Waals surface area (Å²) in [5.41, 5.74) is 8.69. The Morgan fingerprint density at radius 1 is 0.958 bits per heavy atom. The first-order valence-corrected chi connectivity index (χ1v) is 9.05. The van der Waals surface area contributed by atoms with Gasteiger partial charge in [0.1, 0.15) is 0 Å². The van der Waals surface area contributed by atoms with Gasteiger partial charge < -0.3 is 5.73 Å². The topological polar surface area (TPSA) is 43.1 Å². The van der Waals surface area contributed by atoms with Crippen LogP contribution in [0.3, 0.4) is 0 Å². The summed E-state index contributed by atoms with van der Waals surface area (Å²) in [7, 11) is 0. The summed E-state index contributed by atoms with van der Waals surface area (Å²) in [4.78, 5) is 12.4. The molecule has 0 radical (unpaired) electrons. The van der Waals surface area contributed by atoms with Crippen molar-refractivity contribution in [2.75, 3.05) is 0 Å². The van der Waals surface area contributed by atoms with E-state index in [-0.39, 0.29) is 16.7 Å². The maximum Gasteiger partial charge on any atom is 0.223 e. The smallest absolute Gasteiger partial charge is 0.223 e. The molecular weight excluding hydrogens is 294 g/mol. The molecule has 24 heavy (non-hydrogen) atoms. The Balaban J connectivity index is 1.56. The average molecular weight is 317 g/mol. The van der Waals surface area contributed by atoms with Crippen LogP contribution in [0, 0.1) is 23.2 Å². The number of primary amides is 1. The molecule has 4 fully saturated rings. The van der Waals surface area contributed by atoms with Crippen LogP contribution >= 0.6 is 0 Å². The molecule has 4 saturated carbocycles. The molecule has 1 amide bonds. The van der Waals surface area contributed by atoms with Gasteiger partial charge in [0.25, 0.3) is 0 Å². The molecule has 122 valence electrons. The molecule has 2 nitrogen and oxygen atoms in total. The molecule has 4 aliphatic carbocycles. The van der Waals surface area contributed by atoms with Gasteiger partial charge in [-0.1, -0.05) is 60.7 Å².